The highest BCUT2D eigenvalue weighted by atomic mass is 16.7. The van der Waals surface area contributed by atoms with Gasteiger partial charge >= 0.3 is 0 Å². The van der Waals surface area contributed by atoms with Crippen LogP contribution in [0.1, 0.15) is 18.4 Å². The Morgan fingerprint density at radius 1 is 1.06 bits per heavy atom. The number of hydrogen-bond donors (Lipinski definition) is 0. The van der Waals surface area contributed by atoms with E-state index < -0.39 is 0 Å². The summed E-state index contributed by atoms with van der Waals surface area (Å²) in [6, 6.07) is 8.77. The van der Waals surface area contributed by atoms with E-state index in [1.807, 2.05) is 0 Å². The molecule has 0 saturated carbocycles. The summed E-state index contributed by atoms with van der Waals surface area (Å²) in [6.45, 7) is 4.28. The summed E-state index contributed by atoms with van der Waals surface area (Å²) in [5.41, 5.74) is 2.64. The minimum atomic E-state index is -0.0508. The Hall–Kier alpha value is -1.06. The second kappa shape index (κ2) is 6.21. The lowest BCUT2D eigenvalue weighted by Gasteiger charge is -2.36. The number of anilines is 1. The van der Waals surface area contributed by atoms with Crippen LogP contribution in [0, 0.1) is 12.8 Å². The molecule has 0 spiro atoms. The number of methoxy groups -OCH3 is 2. The lowest BCUT2D eigenvalue weighted by molar-refractivity contribution is -0.141. The lowest BCUT2D eigenvalue weighted by Crippen LogP contribution is -2.39. The van der Waals surface area contributed by atoms with Crippen LogP contribution in [0.3, 0.4) is 0 Å². The first-order chi connectivity index (χ1) is 8.74. The van der Waals surface area contributed by atoms with Crippen molar-refractivity contribution in [2.45, 2.75) is 26.1 Å². The second-order valence-corrected chi connectivity index (χ2v) is 5.00. The molecule has 3 heteroatoms. The molecule has 18 heavy (non-hydrogen) atoms. The average Bonchev–Trinajstić information content (AvgIpc) is 2.42. The van der Waals surface area contributed by atoms with Gasteiger partial charge in [0.05, 0.1) is 0 Å². The number of aryl methyl sites for hydroxylation is 1. The van der Waals surface area contributed by atoms with Crippen LogP contribution in [0.25, 0.3) is 0 Å². The summed E-state index contributed by atoms with van der Waals surface area (Å²) < 4.78 is 10.7. The number of hydrogen-bond acceptors (Lipinski definition) is 3. The van der Waals surface area contributed by atoms with Gasteiger partial charge in [-0.2, -0.15) is 0 Å². The first kappa shape index (κ1) is 13.4. The zero-order valence-corrected chi connectivity index (χ0v) is 11.6. The number of benzene rings is 1. The van der Waals surface area contributed by atoms with Crippen LogP contribution in [0.4, 0.5) is 5.69 Å². The van der Waals surface area contributed by atoms with Crippen molar-refractivity contribution in [2.75, 3.05) is 32.2 Å². The first-order valence-electron chi connectivity index (χ1n) is 6.62. The van der Waals surface area contributed by atoms with Gasteiger partial charge in [-0.05, 0) is 31.9 Å². The second-order valence-electron chi connectivity index (χ2n) is 5.00. The summed E-state index contributed by atoms with van der Waals surface area (Å²) >= 11 is 0. The van der Waals surface area contributed by atoms with Gasteiger partial charge in [0, 0.05) is 38.9 Å². The SMILES string of the molecule is COC(OC)C1CCN(c2ccc(C)cc2)CC1. The molecule has 0 atom stereocenters. The molecule has 1 aliphatic rings. The number of rotatable bonds is 4. The fraction of sp³-hybridized carbons (Fsp3) is 0.600. The van der Waals surface area contributed by atoms with Crippen molar-refractivity contribution in [2.24, 2.45) is 5.92 Å². The zero-order chi connectivity index (χ0) is 13.0. The molecule has 0 bridgehead atoms. The van der Waals surface area contributed by atoms with Gasteiger partial charge in [0.15, 0.2) is 6.29 Å². The van der Waals surface area contributed by atoms with E-state index in [2.05, 4.69) is 36.1 Å². The number of piperidine rings is 1. The van der Waals surface area contributed by atoms with E-state index in [1.54, 1.807) is 14.2 Å². The molecule has 0 aromatic heterocycles. The maximum atomic E-state index is 5.35. The van der Waals surface area contributed by atoms with E-state index in [-0.39, 0.29) is 6.29 Å². The largest absolute Gasteiger partial charge is 0.372 e. The van der Waals surface area contributed by atoms with Crippen molar-refractivity contribution in [3.8, 4) is 0 Å². The van der Waals surface area contributed by atoms with Crippen LogP contribution in [-0.4, -0.2) is 33.6 Å². The minimum absolute atomic E-state index is 0.0508. The van der Waals surface area contributed by atoms with E-state index in [9.17, 15) is 0 Å². The molecule has 0 unspecified atom stereocenters. The summed E-state index contributed by atoms with van der Waals surface area (Å²) in [7, 11) is 3.45. The van der Waals surface area contributed by atoms with E-state index >= 15 is 0 Å². The lowest BCUT2D eigenvalue weighted by atomic mass is 9.95. The van der Waals surface area contributed by atoms with Gasteiger partial charge in [0.2, 0.25) is 0 Å². The molecule has 1 saturated heterocycles. The Bertz CT molecular complexity index is 351. The number of ether oxygens (including phenoxy) is 2. The smallest absolute Gasteiger partial charge is 0.159 e. The molecule has 0 radical (unpaired) electrons. The topological polar surface area (TPSA) is 21.7 Å². The van der Waals surface area contributed by atoms with Gasteiger partial charge in [0.1, 0.15) is 0 Å². The Labute approximate surface area is 110 Å². The Kier molecular flexibility index (Phi) is 4.61. The third-order valence-corrected chi connectivity index (χ3v) is 3.79. The molecule has 1 aromatic rings. The third-order valence-electron chi connectivity index (χ3n) is 3.79. The van der Waals surface area contributed by atoms with Crippen molar-refractivity contribution >= 4 is 5.69 Å². The summed E-state index contributed by atoms with van der Waals surface area (Å²) in [5.74, 6) is 0.515. The van der Waals surface area contributed by atoms with Crippen LogP contribution >= 0.6 is 0 Å². The van der Waals surface area contributed by atoms with Gasteiger partial charge in [-0.3, -0.25) is 0 Å². The van der Waals surface area contributed by atoms with Gasteiger partial charge in [-0.25, -0.2) is 0 Å². The highest BCUT2D eigenvalue weighted by Crippen LogP contribution is 2.26. The monoisotopic (exact) mass is 249 g/mol. The maximum absolute atomic E-state index is 5.35. The highest BCUT2D eigenvalue weighted by Gasteiger charge is 2.26. The van der Waals surface area contributed by atoms with Gasteiger partial charge in [-0.15, -0.1) is 0 Å². The van der Waals surface area contributed by atoms with E-state index in [0.29, 0.717) is 5.92 Å². The zero-order valence-electron chi connectivity index (χ0n) is 11.6. The van der Waals surface area contributed by atoms with Crippen molar-refractivity contribution in [3.05, 3.63) is 29.8 Å². The molecular weight excluding hydrogens is 226 g/mol. The minimum Gasteiger partial charge on any atom is -0.372 e. The molecule has 1 heterocycles. The first-order valence-corrected chi connectivity index (χ1v) is 6.62. The van der Waals surface area contributed by atoms with Crippen molar-refractivity contribution in [1.82, 2.24) is 0 Å². The molecule has 3 nitrogen and oxygen atoms in total. The van der Waals surface area contributed by atoms with Crippen molar-refractivity contribution in [3.63, 3.8) is 0 Å². The molecule has 1 fully saturated rings. The third kappa shape index (κ3) is 3.03. The van der Waals surface area contributed by atoms with Crippen LogP contribution in [-0.2, 0) is 9.47 Å². The molecular formula is C15H23NO2. The van der Waals surface area contributed by atoms with E-state index in [0.717, 1.165) is 25.9 Å². The summed E-state index contributed by atoms with van der Waals surface area (Å²) in [5, 5.41) is 0. The van der Waals surface area contributed by atoms with Crippen LogP contribution in [0.15, 0.2) is 24.3 Å². The fourth-order valence-electron chi connectivity index (χ4n) is 2.67. The van der Waals surface area contributed by atoms with Crippen LogP contribution in [0.2, 0.25) is 0 Å². The van der Waals surface area contributed by atoms with Crippen molar-refractivity contribution in [1.29, 1.82) is 0 Å². The van der Waals surface area contributed by atoms with Crippen molar-refractivity contribution < 1.29 is 9.47 Å². The normalized spacial score (nSPS) is 17.4. The van der Waals surface area contributed by atoms with E-state index in [1.165, 1.54) is 11.3 Å². The quantitative estimate of drug-likeness (QED) is 0.766. The molecule has 1 aliphatic heterocycles. The fourth-order valence-corrected chi connectivity index (χ4v) is 2.67. The number of nitrogens with zero attached hydrogens (tertiary/aromatic N) is 1. The molecule has 2 rings (SSSR count). The molecule has 100 valence electrons. The molecule has 1 aromatic carbocycles. The maximum Gasteiger partial charge on any atom is 0.159 e. The molecule has 0 N–H and O–H groups in total. The van der Waals surface area contributed by atoms with Crippen LogP contribution < -0.4 is 4.90 Å². The predicted molar refractivity (Wildman–Crippen MR) is 73.9 cm³/mol. The molecule has 0 aliphatic carbocycles. The van der Waals surface area contributed by atoms with Gasteiger partial charge in [-0.1, -0.05) is 17.7 Å². The highest BCUT2D eigenvalue weighted by molar-refractivity contribution is 5.47. The van der Waals surface area contributed by atoms with Crippen LogP contribution in [0.5, 0.6) is 0 Å². The Morgan fingerprint density at radius 3 is 2.11 bits per heavy atom. The Balaban J connectivity index is 1.92. The van der Waals surface area contributed by atoms with Gasteiger partial charge in [0.25, 0.3) is 0 Å². The Morgan fingerprint density at radius 2 is 1.61 bits per heavy atom. The molecule has 0 amide bonds. The van der Waals surface area contributed by atoms with Gasteiger partial charge < -0.3 is 14.4 Å². The summed E-state index contributed by atoms with van der Waals surface area (Å²) in [6.07, 6.45) is 2.20. The summed E-state index contributed by atoms with van der Waals surface area (Å²) in [4.78, 5) is 2.44. The average molecular weight is 249 g/mol. The van der Waals surface area contributed by atoms with E-state index in [4.69, 9.17) is 9.47 Å². The standard InChI is InChI=1S/C15H23NO2/c1-12-4-6-14(7-5-12)16-10-8-13(9-11-16)15(17-2)18-3/h4-7,13,15H,8-11H2,1-3H3. The predicted octanol–water partition coefficient (Wildman–Crippen LogP) is 2.83.